The Bertz CT molecular complexity index is 2360. The number of hydrogen-bond acceptors (Lipinski definition) is 11. The first kappa shape index (κ1) is 43.2. The number of pyridine rings is 1. The third kappa shape index (κ3) is 9.17. The van der Waals surface area contributed by atoms with Crippen molar-refractivity contribution < 1.29 is 32.5 Å². The molecule has 5 aromatic rings. The molecule has 328 valence electrons. The molecule has 0 unspecified atom stereocenters. The second-order valence-corrected chi connectivity index (χ2v) is 17.9. The van der Waals surface area contributed by atoms with Crippen LogP contribution in [0.3, 0.4) is 0 Å². The molecule has 8 rings (SSSR count). The number of hydrogen-bond donors (Lipinski definition) is 0. The summed E-state index contributed by atoms with van der Waals surface area (Å²) in [6.45, 7) is 11.2. The smallest absolute Gasteiger partial charge is 0.410 e. The third-order valence-electron chi connectivity index (χ3n) is 12.0. The summed E-state index contributed by atoms with van der Waals surface area (Å²) in [6, 6.07) is 21.2. The van der Waals surface area contributed by atoms with Crippen molar-refractivity contribution in [2.24, 2.45) is 0 Å². The molecule has 15 heteroatoms. The Morgan fingerprint density at radius 2 is 1.55 bits per heavy atom. The number of carbonyl (C=O) groups excluding carboxylic acids is 1. The van der Waals surface area contributed by atoms with Crippen molar-refractivity contribution in [3.63, 3.8) is 0 Å². The van der Waals surface area contributed by atoms with E-state index in [2.05, 4.69) is 9.80 Å². The molecule has 12 nitrogen and oxygen atoms in total. The highest BCUT2D eigenvalue weighted by molar-refractivity contribution is 6.34. The molecule has 0 spiro atoms. The molecule has 0 bridgehead atoms. The number of benzene rings is 3. The zero-order valence-electron chi connectivity index (χ0n) is 36.2. The summed E-state index contributed by atoms with van der Waals surface area (Å²) in [6.07, 6.45) is 0.770. The molecule has 3 aliphatic rings. The van der Waals surface area contributed by atoms with E-state index in [9.17, 15) is 9.18 Å². The average Bonchev–Trinajstić information content (AvgIpc) is 3.79. The molecular weight excluding hydrogens is 816 g/mol. The average molecular weight is 870 g/mol. The van der Waals surface area contributed by atoms with Crippen LogP contribution >= 0.6 is 11.6 Å². The number of aryl methyl sites for hydroxylation is 1. The maximum Gasteiger partial charge on any atom is 0.410 e. The van der Waals surface area contributed by atoms with Crippen LogP contribution in [0.5, 0.6) is 17.5 Å². The minimum Gasteiger partial charge on any atom is -0.497 e. The number of halogens is 3. The molecule has 0 saturated carbocycles. The van der Waals surface area contributed by atoms with Crippen molar-refractivity contribution in [1.82, 2.24) is 24.8 Å². The summed E-state index contributed by atoms with van der Waals surface area (Å²) < 4.78 is 55.1. The van der Waals surface area contributed by atoms with Crippen LogP contribution in [-0.4, -0.2) is 108 Å². The van der Waals surface area contributed by atoms with Gasteiger partial charge < -0.3 is 33.6 Å². The Labute approximate surface area is 366 Å². The van der Waals surface area contributed by atoms with Gasteiger partial charge in [0.15, 0.2) is 5.82 Å². The van der Waals surface area contributed by atoms with E-state index in [1.54, 1.807) is 25.2 Å². The Balaban J connectivity index is 1.17. The summed E-state index contributed by atoms with van der Waals surface area (Å²) >= 11 is 7.13. The Morgan fingerprint density at radius 1 is 0.903 bits per heavy atom. The quantitative estimate of drug-likeness (QED) is 0.120. The largest absolute Gasteiger partial charge is 0.497 e. The lowest BCUT2D eigenvalue weighted by Gasteiger charge is -2.36. The van der Waals surface area contributed by atoms with Gasteiger partial charge in [-0.15, -0.1) is 0 Å². The second-order valence-electron chi connectivity index (χ2n) is 17.5. The van der Waals surface area contributed by atoms with Crippen LogP contribution < -0.4 is 24.0 Å². The van der Waals surface area contributed by atoms with Gasteiger partial charge >= 0.3 is 12.1 Å². The fourth-order valence-corrected chi connectivity index (χ4v) is 9.11. The van der Waals surface area contributed by atoms with Gasteiger partial charge in [-0.2, -0.15) is 9.97 Å². The standard InChI is InChI=1S/C47H54ClF2N7O5/c1-30-8-17-38(56(26-31-9-13-34(59-5)14-10-31)27-32-11-15-35(60-6)16-12-32)51-41(30)39-37(48)24-36-42(40(39)50)52-44(61-29-47-18-7-19-57(47)28-33(49)25-47)53-43(36)54-20-22-55(23-21-54)45(58)62-46(2,3)4/h8-17,24,33H,7,18-23,25-29H2,1-6H3/t33-,47+/m1/s1. The molecule has 0 N–H and O–H groups in total. The van der Waals surface area contributed by atoms with Crippen LogP contribution in [0.2, 0.25) is 5.02 Å². The number of nitrogens with zero attached hydrogens (tertiary/aromatic N) is 7. The number of carbonyl (C=O) groups is 1. The number of ether oxygens (including phenoxy) is 4. The number of methoxy groups -OCH3 is 2. The highest BCUT2D eigenvalue weighted by Gasteiger charge is 2.49. The van der Waals surface area contributed by atoms with E-state index in [0.29, 0.717) is 80.5 Å². The molecule has 3 aromatic carbocycles. The summed E-state index contributed by atoms with van der Waals surface area (Å²) in [5, 5.41) is 0.542. The van der Waals surface area contributed by atoms with Crippen LogP contribution in [0.4, 0.5) is 25.2 Å². The fourth-order valence-electron chi connectivity index (χ4n) is 8.83. The number of fused-ring (bicyclic) bond motifs is 2. The topological polar surface area (TPSA) is 106 Å². The van der Waals surface area contributed by atoms with Gasteiger partial charge in [-0.1, -0.05) is 41.9 Å². The molecule has 2 atom stereocenters. The zero-order chi connectivity index (χ0) is 43.8. The van der Waals surface area contributed by atoms with Crippen LogP contribution in [0, 0.1) is 12.7 Å². The summed E-state index contributed by atoms with van der Waals surface area (Å²) in [5.41, 5.74) is 2.17. The maximum absolute atomic E-state index is 17.6. The number of anilines is 2. The SMILES string of the molecule is COc1ccc(CN(Cc2ccc(OC)cc2)c2ccc(C)c(-c3c(Cl)cc4c(N5CCN(C(=O)OC(C)(C)C)CC5)nc(OC[C@@]56CCCN5C[C@H](F)C6)nc4c3F)n2)cc1. The molecule has 3 aliphatic heterocycles. The number of piperazine rings is 1. The van der Waals surface area contributed by atoms with Crippen molar-refractivity contribution >= 4 is 40.2 Å². The zero-order valence-corrected chi connectivity index (χ0v) is 37.0. The predicted molar refractivity (Wildman–Crippen MR) is 237 cm³/mol. The van der Waals surface area contributed by atoms with Crippen molar-refractivity contribution in [3.8, 4) is 28.8 Å². The fraction of sp³-hybridized carbons (Fsp3) is 0.447. The van der Waals surface area contributed by atoms with Gasteiger partial charge in [-0.25, -0.2) is 18.6 Å². The van der Waals surface area contributed by atoms with Crippen molar-refractivity contribution in [2.75, 3.05) is 69.9 Å². The Hall–Kier alpha value is -5.47. The van der Waals surface area contributed by atoms with Crippen LogP contribution in [0.15, 0.2) is 66.7 Å². The Kier molecular flexibility index (Phi) is 12.3. The highest BCUT2D eigenvalue weighted by Crippen LogP contribution is 2.42. The van der Waals surface area contributed by atoms with Crippen LogP contribution in [0.25, 0.3) is 22.2 Å². The number of aromatic nitrogens is 3. The van der Waals surface area contributed by atoms with Gasteiger partial charge in [0.2, 0.25) is 0 Å². The molecule has 62 heavy (non-hydrogen) atoms. The van der Waals surface area contributed by atoms with Gasteiger partial charge in [0.25, 0.3) is 0 Å². The van der Waals surface area contributed by atoms with Gasteiger partial charge in [0, 0.05) is 57.6 Å². The molecule has 5 heterocycles. The van der Waals surface area contributed by atoms with Gasteiger partial charge in [-0.3, -0.25) is 4.90 Å². The predicted octanol–water partition coefficient (Wildman–Crippen LogP) is 9.03. The minimum absolute atomic E-state index is 0.0126. The first-order valence-corrected chi connectivity index (χ1v) is 21.5. The molecule has 3 fully saturated rings. The van der Waals surface area contributed by atoms with E-state index in [4.69, 9.17) is 45.5 Å². The lowest BCUT2D eigenvalue weighted by atomic mass is 9.95. The lowest BCUT2D eigenvalue weighted by molar-refractivity contribution is 0.0240. The van der Waals surface area contributed by atoms with Crippen LogP contribution in [-0.2, 0) is 17.8 Å². The molecular formula is C47H54ClF2N7O5. The summed E-state index contributed by atoms with van der Waals surface area (Å²) in [4.78, 5) is 35.6. The van der Waals surface area contributed by atoms with Crippen LogP contribution in [0.1, 0.15) is 56.7 Å². The number of amides is 1. The lowest BCUT2D eigenvalue weighted by Crippen LogP contribution is -2.50. The van der Waals surface area contributed by atoms with Crippen molar-refractivity contribution in [2.45, 2.75) is 77.4 Å². The second kappa shape index (κ2) is 17.7. The number of alkyl halides is 1. The summed E-state index contributed by atoms with van der Waals surface area (Å²) in [7, 11) is 3.27. The molecule has 0 aliphatic carbocycles. The van der Waals surface area contributed by atoms with E-state index in [1.165, 1.54) is 0 Å². The van der Waals surface area contributed by atoms with Gasteiger partial charge in [-0.05, 0) is 100 Å². The number of rotatable bonds is 12. The van der Waals surface area contributed by atoms with Gasteiger partial charge in [0.05, 0.1) is 36.0 Å². The first-order valence-electron chi connectivity index (χ1n) is 21.2. The third-order valence-corrected chi connectivity index (χ3v) is 12.3. The monoisotopic (exact) mass is 869 g/mol. The molecule has 3 saturated heterocycles. The van der Waals surface area contributed by atoms with E-state index in [-0.39, 0.29) is 28.7 Å². The normalized spacial score (nSPS) is 19.1. The summed E-state index contributed by atoms with van der Waals surface area (Å²) in [5.74, 6) is 1.89. The van der Waals surface area contributed by atoms with E-state index in [0.717, 1.165) is 42.0 Å². The molecule has 0 radical (unpaired) electrons. The van der Waals surface area contributed by atoms with Crippen molar-refractivity contribution in [1.29, 1.82) is 0 Å². The van der Waals surface area contributed by atoms with Crippen molar-refractivity contribution in [3.05, 3.63) is 94.3 Å². The van der Waals surface area contributed by atoms with E-state index >= 15 is 4.39 Å². The highest BCUT2D eigenvalue weighted by atomic mass is 35.5. The van der Waals surface area contributed by atoms with E-state index in [1.807, 2.05) is 93.3 Å². The molecule has 2 aromatic heterocycles. The molecule has 1 amide bonds. The first-order chi connectivity index (χ1) is 29.7. The minimum atomic E-state index is -0.940. The maximum atomic E-state index is 17.6. The van der Waals surface area contributed by atoms with Gasteiger partial charge in [0.1, 0.15) is 47.0 Å². The Morgan fingerprint density at radius 3 is 2.16 bits per heavy atom. The van der Waals surface area contributed by atoms with E-state index < -0.39 is 29.2 Å².